The van der Waals surface area contributed by atoms with E-state index in [1.807, 2.05) is 6.07 Å². The summed E-state index contributed by atoms with van der Waals surface area (Å²) in [4.78, 5) is 4.39. The molecular formula is C11H18N2. The molecule has 0 aromatic carbocycles. The number of nitrogens with two attached hydrogens (primary N) is 1. The van der Waals surface area contributed by atoms with Crippen molar-refractivity contribution in [1.29, 1.82) is 0 Å². The molecule has 2 N–H and O–H groups in total. The first-order chi connectivity index (χ1) is 5.95. The van der Waals surface area contributed by atoms with Gasteiger partial charge in [-0.3, -0.25) is 0 Å². The molecule has 72 valence electrons. The fourth-order valence-electron chi connectivity index (χ4n) is 1.44. The Hall–Kier alpha value is -1.05. The van der Waals surface area contributed by atoms with Crippen LogP contribution in [0.25, 0.3) is 0 Å². The van der Waals surface area contributed by atoms with Crippen LogP contribution in [-0.4, -0.2) is 4.98 Å². The van der Waals surface area contributed by atoms with Crippen LogP contribution in [0.4, 0.5) is 5.82 Å². The van der Waals surface area contributed by atoms with Crippen LogP contribution in [0.15, 0.2) is 12.1 Å². The zero-order valence-corrected chi connectivity index (χ0v) is 8.89. The summed E-state index contributed by atoms with van der Waals surface area (Å²) in [7, 11) is 0. The van der Waals surface area contributed by atoms with E-state index in [1.165, 1.54) is 5.56 Å². The van der Waals surface area contributed by atoms with Crippen molar-refractivity contribution < 1.29 is 0 Å². The van der Waals surface area contributed by atoms with Gasteiger partial charge in [-0.1, -0.05) is 33.8 Å². The first kappa shape index (κ1) is 10.0. The number of nitrogen functional groups attached to an aromatic ring is 1. The maximum Gasteiger partial charge on any atom is 0.123 e. The fraction of sp³-hybridized carbons (Fsp3) is 0.545. The predicted octanol–water partition coefficient (Wildman–Crippen LogP) is 2.52. The molecule has 0 radical (unpaired) electrons. The summed E-state index contributed by atoms with van der Waals surface area (Å²) in [6.07, 6.45) is 1.01. The summed E-state index contributed by atoms with van der Waals surface area (Å²) in [6.45, 7) is 8.62. The molecular weight excluding hydrogens is 160 g/mol. The van der Waals surface area contributed by atoms with Gasteiger partial charge < -0.3 is 5.73 Å². The smallest absolute Gasteiger partial charge is 0.123 e. The molecule has 1 aromatic heterocycles. The molecule has 2 nitrogen and oxygen atoms in total. The lowest BCUT2D eigenvalue weighted by Gasteiger charge is -2.21. The Bertz CT molecular complexity index is 297. The van der Waals surface area contributed by atoms with E-state index in [-0.39, 0.29) is 5.41 Å². The summed E-state index contributed by atoms with van der Waals surface area (Å²) in [5.74, 6) is 0.613. The van der Waals surface area contributed by atoms with Crippen LogP contribution >= 0.6 is 0 Å². The van der Waals surface area contributed by atoms with Crippen LogP contribution in [0.2, 0.25) is 0 Å². The van der Waals surface area contributed by atoms with Gasteiger partial charge in [-0.05, 0) is 18.1 Å². The van der Waals surface area contributed by atoms with Gasteiger partial charge in [0.1, 0.15) is 5.82 Å². The van der Waals surface area contributed by atoms with E-state index >= 15 is 0 Å². The van der Waals surface area contributed by atoms with Crippen LogP contribution in [0.5, 0.6) is 0 Å². The molecule has 0 bridgehead atoms. The lowest BCUT2D eigenvalue weighted by molar-refractivity contribution is 0.562. The molecule has 1 aromatic rings. The van der Waals surface area contributed by atoms with Gasteiger partial charge >= 0.3 is 0 Å². The van der Waals surface area contributed by atoms with Gasteiger partial charge in [0, 0.05) is 5.41 Å². The average molecular weight is 178 g/mol. The topological polar surface area (TPSA) is 38.9 Å². The molecule has 0 aliphatic carbocycles. The summed E-state index contributed by atoms with van der Waals surface area (Å²) in [5.41, 5.74) is 8.17. The van der Waals surface area contributed by atoms with Crippen molar-refractivity contribution >= 4 is 5.82 Å². The molecule has 13 heavy (non-hydrogen) atoms. The van der Waals surface area contributed by atoms with Gasteiger partial charge in [0.2, 0.25) is 0 Å². The molecule has 2 heteroatoms. The molecule has 0 saturated heterocycles. The molecule has 0 amide bonds. The van der Waals surface area contributed by atoms with Crippen molar-refractivity contribution in [1.82, 2.24) is 4.98 Å². The molecule has 0 aliphatic rings. The highest BCUT2D eigenvalue weighted by atomic mass is 14.8. The van der Waals surface area contributed by atoms with Gasteiger partial charge in [-0.2, -0.15) is 0 Å². The van der Waals surface area contributed by atoms with Crippen molar-refractivity contribution in [3.63, 3.8) is 0 Å². The van der Waals surface area contributed by atoms with Gasteiger partial charge in [0.15, 0.2) is 0 Å². The first-order valence-electron chi connectivity index (χ1n) is 4.71. The largest absolute Gasteiger partial charge is 0.384 e. The lowest BCUT2D eigenvalue weighted by atomic mass is 9.87. The van der Waals surface area contributed by atoms with Gasteiger partial charge in [-0.15, -0.1) is 0 Å². The molecule has 0 spiro atoms. The SMILES string of the molecule is CCc1ccc(N)nc1C(C)(C)C. The van der Waals surface area contributed by atoms with E-state index in [9.17, 15) is 0 Å². The van der Waals surface area contributed by atoms with Gasteiger partial charge in [0.05, 0.1) is 5.69 Å². The van der Waals surface area contributed by atoms with Gasteiger partial charge in [0.25, 0.3) is 0 Å². The number of aromatic nitrogens is 1. The third-order valence-corrected chi connectivity index (χ3v) is 2.09. The second-order valence-electron chi connectivity index (χ2n) is 4.35. The van der Waals surface area contributed by atoms with Crippen LogP contribution < -0.4 is 5.73 Å². The zero-order chi connectivity index (χ0) is 10.1. The maximum atomic E-state index is 5.67. The quantitative estimate of drug-likeness (QED) is 0.717. The maximum absolute atomic E-state index is 5.67. The molecule has 1 rings (SSSR count). The van der Waals surface area contributed by atoms with Gasteiger partial charge in [-0.25, -0.2) is 4.98 Å². The first-order valence-corrected chi connectivity index (χ1v) is 4.71. The Morgan fingerprint density at radius 2 is 1.92 bits per heavy atom. The highest BCUT2D eigenvalue weighted by molar-refractivity contribution is 5.37. The summed E-state index contributed by atoms with van der Waals surface area (Å²) in [6, 6.07) is 3.94. The van der Waals surface area contributed by atoms with Crippen molar-refractivity contribution in [3.8, 4) is 0 Å². The van der Waals surface area contributed by atoms with Crippen LogP contribution in [-0.2, 0) is 11.8 Å². The Kier molecular flexibility index (Phi) is 2.60. The Morgan fingerprint density at radius 3 is 2.38 bits per heavy atom. The number of hydrogen-bond acceptors (Lipinski definition) is 2. The summed E-state index contributed by atoms with van der Waals surface area (Å²) in [5, 5.41) is 0. The van der Waals surface area contributed by atoms with E-state index in [0.29, 0.717) is 5.82 Å². The van der Waals surface area contributed by atoms with E-state index in [2.05, 4.69) is 38.7 Å². The standard InChI is InChI=1S/C11H18N2/c1-5-8-6-7-9(12)13-10(8)11(2,3)4/h6-7H,5H2,1-4H3,(H2,12,13). The van der Waals surface area contributed by atoms with E-state index < -0.39 is 0 Å². The second kappa shape index (κ2) is 3.36. The van der Waals surface area contributed by atoms with Crippen LogP contribution in [0.3, 0.4) is 0 Å². The molecule has 1 heterocycles. The third-order valence-electron chi connectivity index (χ3n) is 2.09. The van der Waals surface area contributed by atoms with E-state index in [4.69, 9.17) is 5.73 Å². The molecule has 0 unspecified atom stereocenters. The summed E-state index contributed by atoms with van der Waals surface area (Å²) >= 11 is 0. The van der Waals surface area contributed by atoms with Crippen LogP contribution in [0.1, 0.15) is 39.0 Å². The zero-order valence-electron chi connectivity index (χ0n) is 8.89. The van der Waals surface area contributed by atoms with Crippen molar-refractivity contribution in [2.45, 2.75) is 39.5 Å². The molecule has 0 saturated carbocycles. The normalized spacial score (nSPS) is 11.7. The van der Waals surface area contributed by atoms with Crippen molar-refractivity contribution in [2.75, 3.05) is 5.73 Å². The molecule has 0 atom stereocenters. The number of anilines is 1. The fourth-order valence-corrected chi connectivity index (χ4v) is 1.44. The lowest BCUT2D eigenvalue weighted by Crippen LogP contribution is -2.17. The third kappa shape index (κ3) is 2.20. The van der Waals surface area contributed by atoms with E-state index in [0.717, 1.165) is 12.1 Å². The summed E-state index contributed by atoms with van der Waals surface area (Å²) < 4.78 is 0. The highest BCUT2D eigenvalue weighted by Gasteiger charge is 2.18. The monoisotopic (exact) mass is 178 g/mol. The number of nitrogens with zero attached hydrogens (tertiary/aromatic N) is 1. The number of pyridine rings is 1. The van der Waals surface area contributed by atoms with E-state index in [1.54, 1.807) is 0 Å². The minimum Gasteiger partial charge on any atom is -0.384 e. The Labute approximate surface area is 80.2 Å². The minimum atomic E-state index is 0.0841. The predicted molar refractivity (Wildman–Crippen MR) is 56.7 cm³/mol. The number of hydrogen-bond donors (Lipinski definition) is 1. The van der Waals surface area contributed by atoms with Crippen molar-refractivity contribution in [3.05, 3.63) is 23.4 Å². The highest BCUT2D eigenvalue weighted by Crippen LogP contribution is 2.24. The molecule has 0 aliphatic heterocycles. The molecule has 0 fully saturated rings. The minimum absolute atomic E-state index is 0.0841. The second-order valence-corrected chi connectivity index (χ2v) is 4.35. The Balaban J connectivity index is 3.24. The Morgan fingerprint density at radius 1 is 1.31 bits per heavy atom. The average Bonchev–Trinajstić information content (AvgIpc) is 2.03. The van der Waals surface area contributed by atoms with Crippen LogP contribution in [0, 0.1) is 0 Å². The number of rotatable bonds is 1. The number of aryl methyl sites for hydroxylation is 1. The van der Waals surface area contributed by atoms with Crippen molar-refractivity contribution in [2.24, 2.45) is 0 Å².